The van der Waals surface area contributed by atoms with Gasteiger partial charge in [0.25, 0.3) is 0 Å². The van der Waals surface area contributed by atoms with Crippen LogP contribution in [-0.4, -0.2) is 25.2 Å². The molecule has 2 fully saturated rings. The van der Waals surface area contributed by atoms with Gasteiger partial charge in [-0.25, -0.2) is 0 Å². The first kappa shape index (κ1) is 13.9. The SMILES string of the molecule is COC(=O)C1CCCCCC1NC1CCCCC1. The van der Waals surface area contributed by atoms with Gasteiger partial charge >= 0.3 is 5.97 Å². The normalized spacial score (nSPS) is 30.7. The molecule has 0 amide bonds. The topological polar surface area (TPSA) is 38.3 Å². The van der Waals surface area contributed by atoms with Crippen LogP contribution in [0.3, 0.4) is 0 Å². The van der Waals surface area contributed by atoms with Crippen molar-refractivity contribution in [1.82, 2.24) is 5.32 Å². The van der Waals surface area contributed by atoms with E-state index in [1.54, 1.807) is 0 Å². The fraction of sp³-hybridized carbons (Fsp3) is 0.933. The highest BCUT2D eigenvalue weighted by Gasteiger charge is 2.31. The van der Waals surface area contributed by atoms with Crippen molar-refractivity contribution in [1.29, 1.82) is 0 Å². The molecule has 0 heterocycles. The molecular formula is C15H27NO2. The van der Waals surface area contributed by atoms with E-state index in [1.807, 2.05) is 0 Å². The lowest BCUT2D eigenvalue weighted by Crippen LogP contribution is -2.45. The number of carbonyl (C=O) groups is 1. The Kier molecular flexibility index (Phi) is 5.48. The quantitative estimate of drug-likeness (QED) is 0.620. The standard InChI is InChI=1S/C15H27NO2/c1-18-15(17)13-10-6-3-7-11-14(13)16-12-8-4-2-5-9-12/h12-14,16H,2-11H2,1H3. The molecule has 2 aliphatic rings. The smallest absolute Gasteiger partial charge is 0.310 e. The number of carbonyl (C=O) groups excluding carboxylic acids is 1. The van der Waals surface area contributed by atoms with Gasteiger partial charge in [-0.15, -0.1) is 0 Å². The molecule has 2 aliphatic carbocycles. The Morgan fingerprint density at radius 1 is 0.944 bits per heavy atom. The van der Waals surface area contributed by atoms with Crippen molar-refractivity contribution >= 4 is 5.97 Å². The summed E-state index contributed by atoms with van der Waals surface area (Å²) in [5.41, 5.74) is 0. The van der Waals surface area contributed by atoms with Gasteiger partial charge in [0.15, 0.2) is 0 Å². The molecule has 3 heteroatoms. The first-order valence-corrected chi connectivity index (χ1v) is 7.65. The number of hydrogen-bond donors (Lipinski definition) is 1. The van der Waals surface area contributed by atoms with Gasteiger partial charge in [-0.05, 0) is 25.7 Å². The van der Waals surface area contributed by atoms with Crippen LogP contribution in [0.4, 0.5) is 0 Å². The Bertz CT molecular complexity index is 261. The molecule has 2 saturated carbocycles. The first-order valence-electron chi connectivity index (χ1n) is 7.65. The summed E-state index contributed by atoms with van der Waals surface area (Å²) in [6.45, 7) is 0. The minimum Gasteiger partial charge on any atom is -0.469 e. The molecule has 0 aromatic rings. The lowest BCUT2D eigenvalue weighted by atomic mass is 9.90. The molecule has 0 aromatic heterocycles. The van der Waals surface area contributed by atoms with Gasteiger partial charge in [-0.2, -0.15) is 0 Å². The molecule has 0 radical (unpaired) electrons. The Balaban J connectivity index is 1.93. The average molecular weight is 253 g/mol. The van der Waals surface area contributed by atoms with Gasteiger partial charge in [-0.3, -0.25) is 4.79 Å². The third-order valence-electron chi connectivity index (χ3n) is 4.57. The monoisotopic (exact) mass is 253 g/mol. The molecule has 2 unspecified atom stereocenters. The fourth-order valence-corrected chi connectivity index (χ4v) is 3.51. The minimum atomic E-state index is -0.00907. The summed E-state index contributed by atoms with van der Waals surface area (Å²) in [5, 5.41) is 3.76. The lowest BCUT2D eigenvalue weighted by Gasteiger charge is -2.31. The van der Waals surface area contributed by atoms with Gasteiger partial charge < -0.3 is 10.1 Å². The van der Waals surface area contributed by atoms with Crippen LogP contribution < -0.4 is 5.32 Å². The molecule has 0 aromatic carbocycles. The van der Waals surface area contributed by atoms with E-state index in [1.165, 1.54) is 58.5 Å². The highest BCUT2D eigenvalue weighted by atomic mass is 16.5. The van der Waals surface area contributed by atoms with E-state index in [9.17, 15) is 4.79 Å². The number of hydrogen-bond acceptors (Lipinski definition) is 3. The van der Waals surface area contributed by atoms with Crippen molar-refractivity contribution in [2.75, 3.05) is 7.11 Å². The second-order valence-electron chi connectivity index (χ2n) is 5.88. The maximum Gasteiger partial charge on any atom is 0.310 e. The van der Waals surface area contributed by atoms with Crippen molar-refractivity contribution in [2.24, 2.45) is 5.92 Å². The van der Waals surface area contributed by atoms with Crippen LogP contribution in [0.15, 0.2) is 0 Å². The first-order chi connectivity index (χ1) is 8.81. The minimum absolute atomic E-state index is 0.00907. The van der Waals surface area contributed by atoms with E-state index in [2.05, 4.69) is 5.32 Å². The predicted molar refractivity (Wildman–Crippen MR) is 72.4 cm³/mol. The number of rotatable bonds is 3. The largest absolute Gasteiger partial charge is 0.469 e. The summed E-state index contributed by atoms with van der Waals surface area (Å²) in [7, 11) is 1.52. The molecule has 0 saturated heterocycles. The average Bonchev–Trinajstić information content (AvgIpc) is 2.64. The van der Waals surface area contributed by atoms with Crippen molar-refractivity contribution in [3.05, 3.63) is 0 Å². The number of methoxy groups -OCH3 is 1. The van der Waals surface area contributed by atoms with Crippen LogP contribution in [-0.2, 0) is 9.53 Å². The summed E-state index contributed by atoms with van der Waals surface area (Å²) in [4.78, 5) is 11.9. The maximum atomic E-state index is 11.9. The summed E-state index contributed by atoms with van der Waals surface area (Å²) in [6.07, 6.45) is 12.4. The van der Waals surface area contributed by atoms with E-state index < -0.39 is 0 Å². The van der Waals surface area contributed by atoms with E-state index in [0.29, 0.717) is 12.1 Å². The van der Waals surface area contributed by atoms with Crippen molar-refractivity contribution in [3.63, 3.8) is 0 Å². The third kappa shape index (κ3) is 3.71. The molecule has 104 valence electrons. The van der Waals surface area contributed by atoms with E-state index in [0.717, 1.165) is 12.8 Å². The summed E-state index contributed by atoms with van der Waals surface area (Å²) >= 11 is 0. The molecule has 2 atom stereocenters. The van der Waals surface area contributed by atoms with Crippen LogP contribution in [0, 0.1) is 5.92 Å². The van der Waals surface area contributed by atoms with Gasteiger partial charge in [0, 0.05) is 12.1 Å². The van der Waals surface area contributed by atoms with Crippen LogP contribution >= 0.6 is 0 Å². The molecule has 0 aliphatic heterocycles. The second kappa shape index (κ2) is 7.13. The molecule has 2 rings (SSSR count). The number of ether oxygens (including phenoxy) is 1. The Morgan fingerprint density at radius 3 is 2.22 bits per heavy atom. The summed E-state index contributed by atoms with van der Waals surface area (Å²) < 4.78 is 4.99. The van der Waals surface area contributed by atoms with E-state index in [-0.39, 0.29) is 11.9 Å². The van der Waals surface area contributed by atoms with Crippen molar-refractivity contribution < 1.29 is 9.53 Å². The van der Waals surface area contributed by atoms with Gasteiger partial charge in [-0.1, -0.05) is 38.5 Å². The number of nitrogens with one attached hydrogen (secondary N) is 1. The van der Waals surface area contributed by atoms with Crippen molar-refractivity contribution in [3.8, 4) is 0 Å². The zero-order chi connectivity index (χ0) is 12.8. The van der Waals surface area contributed by atoms with Gasteiger partial charge in [0.05, 0.1) is 13.0 Å². The molecule has 1 N–H and O–H groups in total. The molecule has 3 nitrogen and oxygen atoms in total. The van der Waals surface area contributed by atoms with E-state index >= 15 is 0 Å². The number of esters is 1. The van der Waals surface area contributed by atoms with E-state index in [4.69, 9.17) is 4.74 Å². The Hall–Kier alpha value is -0.570. The molecule has 18 heavy (non-hydrogen) atoms. The van der Waals surface area contributed by atoms with Crippen LogP contribution in [0.2, 0.25) is 0 Å². The zero-order valence-electron chi connectivity index (χ0n) is 11.6. The van der Waals surface area contributed by atoms with Crippen LogP contribution in [0.1, 0.15) is 64.2 Å². The Labute approximate surface area is 111 Å². The summed E-state index contributed by atoms with van der Waals surface area (Å²) in [5.74, 6) is 0.0737. The predicted octanol–water partition coefficient (Wildman–Crippen LogP) is 3.03. The highest BCUT2D eigenvalue weighted by molar-refractivity contribution is 5.73. The van der Waals surface area contributed by atoms with Gasteiger partial charge in [0.1, 0.15) is 0 Å². The Morgan fingerprint density at radius 2 is 1.56 bits per heavy atom. The lowest BCUT2D eigenvalue weighted by molar-refractivity contribution is -0.146. The van der Waals surface area contributed by atoms with Crippen molar-refractivity contribution in [2.45, 2.75) is 76.3 Å². The fourth-order valence-electron chi connectivity index (χ4n) is 3.51. The molecular weight excluding hydrogens is 226 g/mol. The molecule has 0 bridgehead atoms. The van der Waals surface area contributed by atoms with Gasteiger partial charge in [0.2, 0.25) is 0 Å². The zero-order valence-corrected chi connectivity index (χ0v) is 11.6. The summed E-state index contributed by atoms with van der Waals surface area (Å²) in [6, 6.07) is 0.983. The highest BCUT2D eigenvalue weighted by Crippen LogP contribution is 2.27. The maximum absolute atomic E-state index is 11.9. The van der Waals surface area contributed by atoms with Crippen LogP contribution in [0.5, 0.6) is 0 Å². The van der Waals surface area contributed by atoms with Crippen LogP contribution in [0.25, 0.3) is 0 Å². The molecule has 0 spiro atoms. The third-order valence-corrected chi connectivity index (χ3v) is 4.57. The second-order valence-corrected chi connectivity index (χ2v) is 5.88.